The minimum Gasteiger partial charge on any atom is -0.469 e. The Morgan fingerprint density at radius 1 is 1.33 bits per heavy atom. The lowest BCUT2D eigenvalue weighted by Gasteiger charge is -2.55. The summed E-state index contributed by atoms with van der Waals surface area (Å²) < 4.78 is 10.7. The predicted octanol–water partition coefficient (Wildman–Crippen LogP) is 3.59. The van der Waals surface area contributed by atoms with Gasteiger partial charge in [-0.1, -0.05) is 13.3 Å². The average molecular weight is 328 g/mol. The number of carbonyl (C=O) groups excluding carboxylic acids is 1. The molecule has 2 aliphatic rings. The molecular weight excluding hydrogens is 304 g/mol. The van der Waals surface area contributed by atoms with Crippen molar-refractivity contribution < 1.29 is 19.1 Å². The standard InChI is InChI=1S/C20H24O4/c1-19-6-4-7-20(2,18(22)23-3)17(19)15(21)10-13-9-12-5-8-24-16(12)11-14(13)19/h5,8-9,11,15,17,21H,4,6-7,10H2,1-3H3/t15-,17-,19-,20-/m1/s1. The van der Waals surface area contributed by atoms with Gasteiger partial charge in [0.2, 0.25) is 0 Å². The first-order valence-electron chi connectivity index (χ1n) is 8.67. The number of rotatable bonds is 1. The smallest absolute Gasteiger partial charge is 0.311 e. The highest BCUT2D eigenvalue weighted by Crippen LogP contribution is 2.58. The van der Waals surface area contributed by atoms with Gasteiger partial charge in [-0.3, -0.25) is 4.79 Å². The number of aliphatic hydroxyl groups is 1. The van der Waals surface area contributed by atoms with E-state index in [2.05, 4.69) is 19.1 Å². The van der Waals surface area contributed by atoms with Gasteiger partial charge in [0.15, 0.2) is 0 Å². The molecule has 0 unspecified atom stereocenters. The number of carbonyl (C=O) groups is 1. The highest BCUT2D eigenvalue weighted by molar-refractivity contribution is 5.81. The third-order valence-electron chi connectivity index (χ3n) is 6.52. The maximum absolute atomic E-state index is 12.6. The Labute approximate surface area is 141 Å². The minimum absolute atomic E-state index is 0.147. The van der Waals surface area contributed by atoms with Crippen LogP contribution in [0.3, 0.4) is 0 Å². The van der Waals surface area contributed by atoms with Crippen LogP contribution < -0.4 is 0 Å². The van der Waals surface area contributed by atoms with E-state index < -0.39 is 11.5 Å². The summed E-state index contributed by atoms with van der Waals surface area (Å²) in [6, 6.07) is 6.20. The molecular formula is C20H24O4. The van der Waals surface area contributed by atoms with E-state index in [4.69, 9.17) is 9.15 Å². The molecule has 0 bridgehead atoms. The van der Waals surface area contributed by atoms with Crippen LogP contribution in [-0.2, 0) is 21.4 Å². The summed E-state index contributed by atoms with van der Waals surface area (Å²) in [6.45, 7) is 4.15. The molecule has 1 saturated carbocycles. The second kappa shape index (κ2) is 5.09. The van der Waals surface area contributed by atoms with E-state index in [1.807, 2.05) is 13.0 Å². The van der Waals surface area contributed by atoms with E-state index in [9.17, 15) is 9.90 Å². The molecule has 1 N–H and O–H groups in total. The molecule has 1 fully saturated rings. The Morgan fingerprint density at radius 2 is 2.12 bits per heavy atom. The lowest BCUT2D eigenvalue weighted by Crippen LogP contribution is -2.58. The number of benzene rings is 1. The molecule has 0 radical (unpaired) electrons. The van der Waals surface area contributed by atoms with Crippen molar-refractivity contribution in [3.63, 3.8) is 0 Å². The molecule has 1 aromatic carbocycles. The fourth-order valence-corrected chi connectivity index (χ4v) is 5.55. The van der Waals surface area contributed by atoms with Crippen molar-refractivity contribution in [2.24, 2.45) is 11.3 Å². The molecule has 4 heteroatoms. The fraction of sp³-hybridized carbons (Fsp3) is 0.550. The van der Waals surface area contributed by atoms with Crippen molar-refractivity contribution in [2.45, 2.75) is 51.0 Å². The average Bonchev–Trinajstić information content (AvgIpc) is 2.99. The SMILES string of the molecule is COC(=O)[C@]1(C)CCC[C@]2(C)c3cc4occc4cc3C[C@@H](O)[C@@H]12. The maximum Gasteiger partial charge on any atom is 0.311 e. The third kappa shape index (κ3) is 1.92. The van der Waals surface area contributed by atoms with Gasteiger partial charge in [0, 0.05) is 11.3 Å². The quantitative estimate of drug-likeness (QED) is 0.813. The molecule has 4 atom stereocenters. The number of aliphatic hydroxyl groups excluding tert-OH is 1. The Kier molecular flexibility index (Phi) is 3.33. The normalized spacial score (nSPS) is 35.3. The number of fused-ring (bicyclic) bond motifs is 4. The van der Waals surface area contributed by atoms with Gasteiger partial charge in [0.1, 0.15) is 5.58 Å². The van der Waals surface area contributed by atoms with Crippen LogP contribution >= 0.6 is 0 Å². The van der Waals surface area contributed by atoms with Crippen molar-refractivity contribution in [2.75, 3.05) is 7.11 Å². The molecule has 24 heavy (non-hydrogen) atoms. The molecule has 0 saturated heterocycles. The summed E-state index contributed by atoms with van der Waals surface area (Å²) in [7, 11) is 1.44. The first kappa shape index (κ1) is 15.7. The first-order chi connectivity index (χ1) is 11.4. The maximum atomic E-state index is 12.6. The van der Waals surface area contributed by atoms with Crippen molar-refractivity contribution in [3.05, 3.63) is 35.6 Å². The van der Waals surface area contributed by atoms with E-state index in [1.165, 1.54) is 18.2 Å². The van der Waals surface area contributed by atoms with Crippen LogP contribution in [0, 0.1) is 11.3 Å². The van der Waals surface area contributed by atoms with Gasteiger partial charge < -0.3 is 14.3 Å². The molecule has 0 aliphatic heterocycles. The zero-order valence-corrected chi connectivity index (χ0v) is 14.5. The van der Waals surface area contributed by atoms with Crippen LogP contribution in [0.5, 0.6) is 0 Å². The second-order valence-electron chi connectivity index (χ2n) is 7.90. The monoisotopic (exact) mass is 328 g/mol. The van der Waals surface area contributed by atoms with E-state index >= 15 is 0 Å². The van der Waals surface area contributed by atoms with Crippen LogP contribution in [0.25, 0.3) is 11.0 Å². The van der Waals surface area contributed by atoms with Crippen molar-refractivity contribution in [1.82, 2.24) is 0 Å². The topological polar surface area (TPSA) is 59.7 Å². The Balaban J connectivity index is 1.91. The number of hydrogen-bond acceptors (Lipinski definition) is 4. The van der Waals surface area contributed by atoms with Gasteiger partial charge in [-0.15, -0.1) is 0 Å². The highest BCUT2D eigenvalue weighted by Gasteiger charge is 2.59. The zero-order valence-electron chi connectivity index (χ0n) is 14.5. The summed E-state index contributed by atoms with van der Waals surface area (Å²) in [5.41, 5.74) is 2.35. The van der Waals surface area contributed by atoms with E-state index in [1.54, 1.807) is 6.26 Å². The van der Waals surface area contributed by atoms with E-state index in [-0.39, 0.29) is 17.3 Å². The first-order valence-corrected chi connectivity index (χ1v) is 8.67. The molecule has 0 spiro atoms. The fourth-order valence-electron chi connectivity index (χ4n) is 5.55. The van der Waals surface area contributed by atoms with Crippen LogP contribution in [0.1, 0.15) is 44.2 Å². The van der Waals surface area contributed by atoms with Gasteiger partial charge in [-0.05, 0) is 60.9 Å². The van der Waals surface area contributed by atoms with Gasteiger partial charge in [-0.2, -0.15) is 0 Å². The third-order valence-corrected chi connectivity index (χ3v) is 6.52. The Hall–Kier alpha value is -1.81. The van der Waals surface area contributed by atoms with Crippen molar-refractivity contribution >= 4 is 16.9 Å². The Bertz CT molecular complexity index is 807. The van der Waals surface area contributed by atoms with Gasteiger partial charge in [0.25, 0.3) is 0 Å². The number of furan rings is 1. The van der Waals surface area contributed by atoms with Gasteiger partial charge in [0.05, 0.1) is 24.9 Å². The van der Waals surface area contributed by atoms with Crippen LogP contribution in [0.15, 0.2) is 28.9 Å². The molecule has 2 aromatic rings. The number of methoxy groups -OCH3 is 1. The molecule has 1 aromatic heterocycles. The molecule has 4 rings (SSSR count). The lowest BCUT2D eigenvalue weighted by molar-refractivity contribution is -0.167. The second-order valence-corrected chi connectivity index (χ2v) is 7.90. The largest absolute Gasteiger partial charge is 0.469 e. The lowest BCUT2D eigenvalue weighted by atomic mass is 9.49. The van der Waals surface area contributed by atoms with Crippen LogP contribution in [0.4, 0.5) is 0 Å². The summed E-state index contributed by atoms with van der Waals surface area (Å²) in [5, 5.41) is 12.1. The van der Waals surface area contributed by atoms with Crippen molar-refractivity contribution in [3.8, 4) is 0 Å². The minimum atomic E-state index is -0.656. The van der Waals surface area contributed by atoms with E-state index in [0.717, 1.165) is 30.2 Å². The Morgan fingerprint density at radius 3 is 2.88 bits per heavy atom. The summed E-state index contributed by atoms with van der Waals surface area (Å²) in [6.07, 6.45) is 4.39. The molecule has 4 nitrogen and oxygen atoms in total. The molecule has 0 amide bonds. The molecule has 1 heterocycles. The summed E-state index contributed by atoms with van der Waals surface area (Å²) in [5.74, 6) is -0.355. The number of hydrogen-bond donors (Lipinski definition) is 1. The van der Waals surface area contributed by atoms with Crippen LogP contribution in [-0.4, -0.2) is 24.3 Å². The van der Waals surface area contributed by atoms with E-state index in [0.29, 0.717) is 6.42 Å². The molecule has 128 valence electrons. The zero-order chi connectivity index (χ0) is 17.1. The number of ether oxygens (including phenoxy) is 1. The van der Waals surface area contributed by atoms with Gasteiger partial charge >= 0.3 is 5.97 Å². The highest BCUT2D eigenvalue weighted by atomic mass is 16.5. The summed E-state index contributed by atoms with van der Waals surface area (Å²) >= 11 is 0. The summed E-state index contributed by atoms with van der Waals surface area (Å²) in [4.78, 5) is 12.6. The number of esters is 1. The predicted molar refractivity (Wildman–Crippen MR) is 90.7 cm³/mol. The molecule has 2 aliphatic carbocycles. The van der Waals surface area contributed by atoms with Crippen LogP contribution in [0.2, 0.25) is 0 Å². The van der Waals surface area contributed by atoms with Gasteiger partial charge in [-0.25, -0.2) is 0 Å². The van der Waals surface area contributed by atoms with Crippen molar-refractivity contribution in [1.29, 1.82) is 0 Å².